The van der Waals surface area contributed by atoms with Crippen LogP contribution in [-0.2, 0) is 14.3 Å². The highest BCUT2D eigenvalue weighted by Gasteiger charge is 2.32. The summed E-state index contributed by atoms with van der Waals surface area (Å²) in [7, 11) is 0. The molecular formula is C17H21BrN2O4. The molecule has 1 aromatic rings. The molecule has 1 atom stereocenters. The summed E-state index contributed by atoms with van der Waals surface area (Å²) in [5, 5.41) is 5.39. The first kappa shape index (κ1) is 18.5. The van der Waals surface area contributed by atoms with E-state index >= 15 is 0 Å². The molecule has 2 amide bonds. The fourth-order valence-corrected chi connectivity index (χ4v) is 2.83. The maximum atomic E-state index is 12.5. The van der Waals surface area contributed by atoms with Crippen molar-refractivity contribution in [3.63, 3.8) is 0 Å². The van der Waals surface area contributed by atoms with E-state index in [0.29, 0.717) is 24.5 Å². The highest BCUT2D eigenvalue weighted by molar-refractivity contribution is 9.10. The van der Waals surface area contributed by atoms with E-state index in [4.69, 9.17) is 9.47 Å². The van der Waals surface area contributed by atoms with Gasteiger partial charge in [0.1, 0.15) is 6.61 Å². The molecule has 24 heavy (non-hydrogen) atoms. The number of allylic oxidation sites excluding steroid dienone is 1. The summed E-state index contributed by atoms with van der Waals surface area (Å²) in [6.07, 6.45) is 0.916. The molecule has 6 nitrogen and oxygen atoms in total. The largest absolute Gasteiger partial charge is 0.460 e. The lowest BCUT2D eigenvalue weighted by Crippen LogP contribution is -2.45. The van der Waals surface area contributed by atoms with Gasteiger partial charge in [0.25, 0.3) is 0 Å². The summed E-state index contributed by atoms with van der Waals surface area (Å²) in [4.78, 5) is 24.3. The molecule has 0 spiro atoms. The van der Waals surface area contributed by atoms with Crippen molar-refractivity contribution in [2.24, 2.45) is 0 Å². The number of nitrogens with one attached hydrogen (secondary N) is 2. The first-order valence-corrected chi connectivity index (χ1v) is 8.60. The highest BCUT2D eigenvalue weighted by Crippen LogP contribution is 2.29. The summed E-state index contributed by atoms with van der Waals surface area (Å²) in [5.41, 5.74) is 1.68. The topological polar surface area (TPSA) is 76.7 Å². The highest BCUT2D eigenvalue weighted by atomic mass is 79.9. The molecule has 130 valence electrons. The van der Waals surface area contributed by atoms with Gasteiger partial charge in [0.15, 0.2) is 0 Å². The number of benzene rings is 1. The Morgan fingerprint density at radius 2 is 2.08 bits per heavy atom. The van der Waals surface area contributed by atoms with E-state index in [1.54, 1.807) is 6.92 Å². The van der Waals surface area contributed by atoms with Gasteiger partial charge in [-0.2, -0.15) is 0 Å². The maximum Gasteiger partial charge on any atom is 0.338 e. The number of urea groups is 1. The predicted molar refractivity (Wildman–Crippen MR) is 93.3 cm³/mol. The molecule has 0 aliphatic carbocycles. The van der Waals surface area contributed by atoms with E-state index in [1.807, 2.05) is 31.2 Å². The monoisotopic (exact) mass is 396 g/mol. The number of hydrogen-bond acceptors (Lipinski definition) is 4. The minimum atomic E-state index is -0.555. The first-order chi connectivity index (χ1) is 11.5. The molecule has 0 aromatic heterocycles. The Kier molecular flexibility index (Phi) is 6.81. The molecule has 1 aromatic carbocycles. The third-order valence-corrected chi connectivity index (χ3v) is 3.97. The van der Waals surface area contributed by atoms with Crippen LogP contribution >= 0.6 is 15.9 Å². The van der Waals surface area contributed by atoms with Gasteiger partial charge in [-0.1, -0.05) is 35.0 Å². The van der Waals surface area contributed by atoms with Crippen LogP contribution in [0.25, 0.3) is 0 Å². The Labute approximate surface area is 149 Å². The van der Waals surface area contributed by atoms with E-state index in [2.05, 4.69) is 26.6 Å². The number of hydrogen-bond donors (Lipinski definition) is 2. The Morgan fingerprint density at radius 3 is 2.79 bits per heavy atom. The van der Waals surface area contributed by atoms with E-state index in [-0.39, 0.29) is 12.6 Å². The van der Waals surface area contributed by atoms with E-state index in [1.165, 1.54) is 0 Å². The van der Waals surface area contributed by atoms with Crippen molar-refractivity contribution in [3.8, 4) is 0 Å². The van der Waals surface area contributed by atoms with Crippen molar-refractivity contribution in [3.05, 3.63) is 45.6 Å². The first-order valence-electron chi connectivity index (χ1n) is 7.81. The Balaban J connectivity index is 2.15. The van der Waals surface area contributed by atoms with Crippen LogP contribution in [0.1, 0.15) is 31.9 Å². The average molecular weight is 397 g/mol. The van der Waals surface area contributed by atoms with Crippen LogP contribution in [0.5, 0.6) is 0 Å². The van der Waals surface area contributed by atoms with Gasteiger partial charge < -0.3 is 20.1 Å². The molecule has 1 heterocycles. The molecule has 0 saturated heterocycles. The van der Waals surface area contributed by atoms with Crippen molar-refractivity contribution in [2.75, 3.05) is 19.8 Å². The molecular weight excluding hydrogens is 376 g/mol. The summed E-state index contributed by atoms with van der Waals surface area (Å²) in [6, 6.07) is 6.55. The zero-order valence-electron chi connectivity index (χ0n) is 13.7. The molecule has 0 radical (unpaired) electrons. The fraction of sp³-hybridized carbons (Fsp3) is 0.412. The average Bonchev–Trinajstić information content (AvgIpc) is 2.53. The SMILES string of the molecule is CCCOCCOC(=O)C1=C(C)NC(=O)NC1c1cccc(Br)c1. The number of halogens is 1. The van der Waals surface area contributed by atoms with Crippen molar-refractivity contribution >= 4 is 27.9 Å². The van der Waals surface area contributed by atoms with Gasteiger partial charge in [-0.3, -0.25) is 0 Å². The number of carbonyl (C=O) groups excluding carboxylic acids is 2. The third-order valence-electron chi connectivity index (χ3n) is 3.48. The van der Waals surface area contributed by atoms with Crippen LogP contribution in [0, 0.1) is 0 Å². The number of ether oxygens (including phenoxy) is 2. The van der Waals surface area contributed by atoms with Crippen LogP contribution in [-0.4, -0.2) is 31.8 Å². The lowest BCUT2D eigenvalue weighted by molar-refractivity contribution is -0.141. The third kappa shape index (κ3) is 4.82. The molecule has 2 N–H and O–H groups in total. The van der Waals surface area contributed by atoms with E-state index in [9.17, 15) is 9.59 Å². The Hall–Kier alpha value is -1.86. The van der Waals surface area contributed by atoms with Crippen LogP contribution in [0.15, 0.2) is 40.0 Å². The summed E-state index contributed by atoms with van der Waals surface area (Å²) in [6.45, 7) is 4.87. The van der Waals surface area contributed by atoms with Crippen LogP contribution in [0.4, 0.5) is 4.79 Å². The second-order valence-corrected chi connectivity index (χ2v) is 6.29. The molecule has 0 bridgehead atoms. The maximum absolute atomic E-state index is 12.5. The zero-order valence-corrected chi connectivity index (χ0v) is 15.3. The zero-order chi connectivity index (χ0) is 17.5. The van der Waals surface area contributed by atoms with Crippen molar-refractivity contribution in [2.45, 2.75) is 26.3 Å². The standard InChI is InChI=1S/C17H21BrN2O4/c1-3-7-23-8-9-24-16(21)14-11(2)19-17(22)20-15(14)12-5-4-6-13(18)10-12/h4-6,10,15H,3,7-9H2,1-2H3,(H2,19,20,22). The molecule has 1 unspecified atom stereocenters. The fourth-order valence-electron chi connectivity index (χ4n) is 2.42. The van der Waals surface area contributed by atoms with Gasteiger partial charge in [0.05, 0.1) is 18.2 Å². The quantitative estimate of drug-likeness (QED) is 0.548. The van der Waals surface area contributed by atoms with E-state index < -0.39 is 12.0 Å². The molecule has 2 rings (SSSR count). The van der Waals surface area contributed by atoms with E-state index in [0.717, 1.165) is 16.5 Å². The van der Waals surface area contributed by atoms with Gasteiger partial charge in [-0.25, -0.2) is 9.59 Å². The van der Waals surface area contributed by atoms with Crippen molar-refractivity contribution in [1.29, 1.82) is 0 Å². The number of carbonyl (C=O) groups is 2. The minimum absolute atomic E-state index is 0.175. The number of amides is 2. The predicted octanol–water partition coefficient (Wildman–Crippen LogP) is 3.05. The molecule has 1 aliphatic rings. The second kappa shape index (κ2) is 8.84. The number of rotatable bonds is 7. The smallest absolute Gasteiger partial charge is 0.338 e. The van der Waals surface area contributed by atoms with Gasteiger partial charge in [-0.05, 0) is 31.0 Å². The van der Waals surface area contributed by atoms with Crippen LogP contribution in [0.3, 0.4) is 0 Å². The Bertz CT molecular complexity index is 645. The van der Waals surface area contributed by atoms with Crippen LogP contribution in [0.2, 0.25) is 0 Å². The van der Waals surface area contributed by atoms with Gasteiger partial charge in [0.2, 0.25) is 0 Å². The normalized spacial score (nSPS) is 17.3. The second-order valence-electron chi connectivity index (χ2n) is 5.37. The van der Waals surface area contributed by atoms with Crippen molar-refractivity contribution < 1.29 is 19.1 Å². The molecule has 0 fully saturated rings. The lowest BCUT2D eigenvalue weighted by atomic mass is 9.96. The summed E-state index contributed by atoms with van der Waals surface area (Å²) in [5.74, 6) is -0.468. The minimum Gasteiger partial charge on any atom is -0.460 e. The van der Waals surface area contributed by atoms with Gasteiger partial charge in [0, 0.05) is 16.8 Å². The van der Waals surface area contributed by atoms with Crippen molar-refractivity contribution in [1.82, 2.24) is 10.6 Å². The van der Waals surface area contributed by atoms with Gasteiger partial charge in [-0.15, -0.1) is 0 Å². The molecule has 7 heteroatoms. The van der Waals surface area contributed by atoms with Gasteiger partial charge >= 0.3 is 12.0 Å². The molecule has 0 saturated carbocycles. The summed E-state index contributed by atoms with van der Waals surface area (Å²) < 4.78 is 11.5. The molecule has 1 aliphatic heterocycles. The van der Waals surface area contributed by atoms with Crippen LogP contribution < -0.4 is 10.6 Å². The summed E-state index contributed by atoms with van der Waals surface area (Å²) >= 11 is 3.40. The lowest BCUT2D eigenvalue weighted by Gasteiger charge is -2.28. The number of esters is 1. The Morgan fingerprint density at radius 1 is 1.29 bits per heavy atom.